The second-order valence-corrected chi connectivity index (χ2v) is 5.44. The number of carboxylic acids is 1. The number of hydrogen-bond acceptors (Lipinski definition) is 1. The van der Waals surface area contributed by atoms with Crippen LogP contribution in [0.2, 0.25) is 0 Å². The van der Waals surface area contributed by atoms with E-state index in [4.69, 9.17) is 5.11 Å². The van der Waals surface area contributed by atoms with E-state index >= 15 is 0 Å². The van der Waals surface area contributed by atoms with Crippen molar-refractivity contribution in [3.63, 3.8) is 0 Å². The normalized spacial score (nSPS) is 16.8. The average Bonchev–Trinajstić information content (AvgIpc) is 2.84. The summed E-state index contributed by atoms with van der Waals surface area (Å²) >= 11 is 0. The third-order valence-electron chi connectivity index (χ3n) is 4.16. The number of hydrogen-bond donors (Lipinski definition) is 1. The fraction of sp³-hybridized carbons (Fsp3) is 0.438. The van der Waals surface area contributed by atoms with Gasteiger partial charge in [0.25, 0.3) is 0 Å². The first-order chi connectivity index (χ1) is 9.25. The Labute approximate surface area is 112 Å². The molecule has 0 atom stereocenters. The molecule has 1 aromatic carbocycles. The number of nitrogens with zero attached hydrogens (tertiary/aromatic N) is 1. The van der Waals surface area contributed by atoms with Gasteiger partial charge < -0.3 is 9.67 Å². The summed E-state index contributed by atoms with van der Waals surface area (Å²) in [5.41, 5.74) is 2.10. The molecule has 1 saturated carbocycles. The van der Waals surface area contributed by atoms with Crippen LogP contribution in [-0.4, -0.2) is 15.6 Å². The van der Waals surface area contributed by atoms with E-state index in [1.807, 2.05) is 12.1 Å². The molecule has 0 radical (unpaired) electrons. The van der Waals surface area contributed by atoms with E-state index in [0.29, 0.717) is 6.04 Å². The first kappa shape index (κ1) is 12.3. The summed E-state index contributed by atoms with van der Waals surface area (Å²) in [7, 11) is 0. The second kappa shape index (κ2) is 5.08. The molecule has 0 amide bonds. The van der Waals surface area contributed by atoms with Gasteiger partial charge in [0, 0.05) is 23.1 Å². The van der Waals surface area contributed by atoms with E-state index in [1.165, 1.54) is 37.6 Å². The second-order valence-electron chi connectivity index (χ2n) is 5.44. The Morgan fingerprint density at radius 1 is 1.21 bits per heavy atom. The molecule has 3 nitrogen and oxygen atoms in total. The highest BCUT2D eigenvalue weighted by Gasteiger charge is 2.17. The molecule has 0 saturated heterocycles. The number of fused-ring (bicyclic) bond motifs is 1. The fourth-order valence-corrected chi connectivity index (χ4v) is 3.25. The van der Waals surface area contributed by atoms with Crippen LogP contribution in [0.15, 0.2) is 30.5 Å². The van der Waals surface area contributed by atoms with Gasteiger partial charge in [-0.15, -0.1) is 0 Å². The Bertz CT molecular complexity index is 594. The third-order valence-corrected chi connectivity index (χ3v) is 4.16. The first-order valence-corrected chi connectivity index (χ1v) is 7.06. The largest absolute Gasteiger partial charge is 0.481 e. The number of rotatable bonds is 3. The Morgan fingerprint density at radius 3 is 2.74 bits per heavy atom. The lowest BCUT2D eigenvalue weighted by atomic mass is 9.95. The van der Waals surface area contributed by atoms with Crippen molar-refractivity contribution in [2.45, 2.75) is 44.6 Å². The summed E-state index contributed by atoms with van der Waals surface area (Å²) in [6, 6.07) is 8.66. The molecule has 1 aliphatic carbocycles. The highest BCUT2D eigenvalue weighted by Crippen LogP contribution is 2.32. The molecule has 1 N–H and O–H groups in total. The molecule has 0 bridgehead atoms. The molecule has 1 heterocycles. The topological polar surface area (TPSA) is 42.2 Å². The zero-order valence-corrected chi connectivity index (χ0v) is 11.0. The van der Waals surface area contributed by atoms with Gasteiger partial charge in [0.1, 0.15) is 0 Å². The maximum absolute atomic E-state index is 10.9. The number of carbonyl (C=O) groups is 1. The number of aliphatic carboxylic acids is 1. The van der Waals surface area contributed by atoms with Gasteiger partial charge in [-0.25, -0.2) is 0 Å². The molecule has 1 fully saturated rings. The molecule has 3 heteroatoms. The molecular weight excluding hydrogens is 238 g/mol. The van der Waals surface area contributed by atoms with Crippen LogP contribution in [0.4, 0.5) is 0 Å². The average molecular weight is 257 g/mol. The smallest absolute Gasteiger partial charge is 0.307 e. The van der Waals surface area contributed by atoms with Crippen LogP contribution in [0.3, 0.4) is 0 Å². The zero-order chi connectivity index (χ0) is 13.2. The Kier molecular flexibility index (Phi) is 3.28. The molecule has 0 unspecified atom stereocenters. The van der Waals surface area contributed by atoms with Crippen LogP contribution in [0.25, 0.3) is 10.9 Å². The lowest BCUT2D eigenvalue weighted by Gasteiger charge is -2.24. The van der Waals surface area contributed by atoms with E-state index in [0.717, 1.165) is 10.9 Å². The molecule has 1 aliphatic rings. The number of benzene rings is 1. The fourth-order valence-electron chi connectivity index (χ4n) is 3.25. The van der Waals surface area contributed by atoms with Crippen LogP contribution in [0.5, 0.6) is 0 Å². The van der Waals surface area contributed by atoms with Crippen molar-refractivity contribution < 1.29 is 9.90 Å². The van der Waals surface area contributed by atoms with Gasteiger partial charge in [-0.1, -0.05) is 31.4 Å². The monoisotopic (exact) mass is 257 g/mol. The minimum Gasteiger partial charge on any atom is -0.481 e. The van der Waals surface area contributed by atoms with Crippen molar-refractivity contribution >= 4 is 16.9 Å². The highest BCUT2D eigenvalue weighted by atomic mass is 16.4. The van der Waals surface area contributed by atoms with Crippen molar-refractivity contribution in [1.29, 1.82) is 0 Å². The van der Waals surface area contributed by atoms with Gasteiger partial charge in [0.2, 0.25) is 0 Å². The maximum atomic E-state index is 10.9. The molecule has 2 aromatic rings. The van der Waals surface area contributed by atoms with Crippen molar-refractivity contribution in [1.82, 2.24) is 4.57 Å². The minimum absolute atomic E-state index is 0.103. The number of aromatic nitrogens is 1. The van der Waals surface area contributed by atoms with Crippen LogP contribution in [0.1, 0.15) is 43.7 Å². The summed E-state index contributed by atoms with van der Waals surface area (Å²) < 4.78 is 2.35. The first-order valence-electron chi connectivity index (χ1n) is 7.06. The van der Waals surface area contributed by atoms with E-state index in [2.05, 4.69) is 22.9 Å². The Balaban J connectivity index is 2.00. The molecule has 19 heavy (non-hydrogen) atoms. The predicted molar refractivity (Wildman–Crippen MR) is 75.4 cm³/mol. The molecule has 0 aliphatic heterocycles. The summed E-state index contributed by atoms with van der Waals surface area (Å²) in [5, 5.41) is 10.1. The van der Waals surface area contributed by atoms with Crippen molar-refractivity contribution in [2.75, 3.05) is 0 Å². The van der Waals surface area contributed by atoms with Gasteiger partial charge >= 0.3 is 5.97 Å². The zero-order valence-electron chi connectivity index (χ0n) is 11.0. The van der Waals surface area contributed by atoms with Crippen LogP contribution < -0.4 is 0 Å². The van der Waals surface area contributed by atoms with Crippen molar-refractivity contribution in [2.24, 2.45) is 0 Å². The lowest BCUT2D eigenvalue weighted by molar-refractivity contribution is -0.136. The van der Waals surface area contributed by atoms with E-state index in [9.17, 15) is 4.79 Å². The van der Waals surface area contributed by atoms with Gasteiger partial charge in [-0.2, -0.15) is 0 Å². The molecule has 100 valence electrons. The van der Waals surface area contributed by atoms with Gasteiger partial charge in [0.15, 0.2) is 0 Å². The van der Waals surface area contributed by atoms with E-state index in [-0.39, 0.29) is 6.42 Å². The van der Waals surface area contributed by atoms with Gasteiger partial charge in [-0.05, 0) is 30.5 Å². The maximum Gasteiger partial charge on any atom is 0.307 e. The van der Waals surface area contributed by atoms with Crippen LogP contribution in [0, 0.1) is 0 Å². The minimum atomic E-state index is -0.766. The van der Waals surface area contributed by atoms with Gasteiger partial charge in [-0.3, -0.25) is 4.79 Å². The summed E-state index contributed by atoms with van der Waals surface area (Å²) in [5.74, 6) is -0.766. The molecular formula is C16H19NO2. The van der Waals surface area contributed by atoms with Crippen molar-refractivity contribution in [3.8, 4) is 0 Å². The van der Waals surface area contributed by atoms with Crippen LogP contribution >= 0.6 is 0 Å². The molecule has 3 rings (SSSR count). The molecule has 1 aromatic heterocycles. The van der Waals surface area contributed by atoms with E-state index in [1.54, 1.807) is 0 Å². The summed E-state index contributed by atoms with van der Waals surface area (Å²) in [6.45, 7) is 0. The lowest BCUT2D eigenvalue weighted by Crippen LogP contribution is -2.11. The summed E-state index contributed by atoms with van der Waals surface area (Å²) in [6.07, 6.45) is 8.68. The van der Waals surface area contributed by atoms with Crippen molar-refractivity contribution in [3.05, 3.63) is 36.0 Å². The summed E-state index contributed by atoms with van der Waals surface area (Å²) in [4.78, 5) is 10.9. The predicted octanol–water partition coefficient (Wildman–Crippen LogP) is 3.77. The van der Waals surface area contributed by atoms with E-state index < -0.39 is 5.97 Å². The standard InChI is InChI=1S/C16H19NO2/c18-16(19)11-12-5-4-8-15-14(12)9-10-17(15)13-6-2-1-3-7-13/h4-5,8-10,13H,1-3,6-7,11H2,(H,18,19). The molecule has 0 spiro atoms. The Hall–Kier alpha value is -1.77. The van der Waals surface area contributed by atoms with Gasteiger partial charge in [0.05, 0.1) is 6.42 Å². The Morgan fingerprint density at radius 2 is 2.00 bits per heavy atom. The highest BCUT2D eigenvalue weighted by molar-refractivity contribution is 5.87. The third kappa shape index (κ3) is 2.37. The number of carboxylic acid groups (broad SMARTS) is 1. The van der Waals surface area contributed by atoms with Crippen LogP contribution in [-0.2, 0) is 11.2 Å². The SMILES string of the molecule is O=C(O)Cc1cccc2c1ccn2C1CCCCC1. The quantitative estimate of drug-likeness (QED) is 0.909.